The van der Waals surface area contributed by atoms with Gasteiger partial charge >= 0.3 is 6.16 Å². The van der Waals surface area contributed by atoms with Crippen molar-refractivity contribution < 1.29 is 33.2 Å². The van der Waals surface area contributed by atoms with Crippen LogP contribution < -0.4 is 9.47 Å². The van der Waals surface area contributed by atoms with E-state index in [1.54, 1.807) is 0 Å². The summed E-state index contributed by atoms with van der Waals surface area (Å²) in [5.74, 6) is 5.97. The molecule has 2 aromatic carbocycles. The Balaban J connectivity index is 1.18. The van der Waals surface area contributed by atoms with Gasteiger partial charge in [0, 0.05) is 12.8 Å². The van der Waals surface area contributed by atoms with E-state index in [4.69, 9.17) is 28.4 Å². The molecule has 2 aromatic rings. The van der Waals surface area contributed by atoms with E-state index in [9.17, 15) is 4.79 Å². The van der Waals surface area contributed by atoms with Gasteiger partial charge in [-0.25, -0.2) is 4.79 Å². The highest BCUT2D eigenvalue weighted by Crippen LogP contribution is 2.47. The number of ether oxygens (including phenoxy) is 6. The molecule has 7 heteroatoms. The molecule has 2 heterocycles. The predicted molar refractivity (Wildman–Crippen MR) is 204 cm³/mol. The van der Waals surface area contributed by atoms with Crippen LogP contribution in [0.4, 0.5) is 4.79 Å². The van der Waals surface area contributed by atoms with Gasteiger partial charge in [-0.1, -0.05) is 66.5 Å². The largest absolute Gasteiger partial charge is 0.508 e. The van der Waals surface area contributed by atoms with E-state index < -0.39 is 6.16 Å². The van der Waals surface area contributed by atoms with Crippen molar-refractivity contribution in [2.45, 2.75) is 156 Å². The molecule has 8 atom stereocenters. The van der Waals surface area contributed by atoms with Gasteiger partial charge in [0.1, 0.15) is 24.7 Å². The van der Waals surface area contributed by atoms with E-state index in [2.05, 4.69) is 65.8 Å². The first-order valence-electron chi connectivity index (χ1n) is 20.8. The molecule has 6 rings (SSSR count). The van der Waals surface area contributed by atoms with Gasteiger partial charge in [0.25, 0.3) is 0 Å². The van der Waals surface area contributed by atoms with Crippen molar-refractivity contribution in [3.63, 3.8) is 0 Å². The van der Waals surface area contributed by atoms with Crippen LogP contribution >= 0.6 is 0 Å². The number of hydrogen-bond acceptors (Lipinski definition) is 7. The normalized spacial score (nSPS) is 29.8. The van der Waals surface area contributed by atoms with Crippen molar-refractivity contribution in [3.8, 4) is 11.5 Å². The molecule has 2 saturated carbocycles. The molecule has 0 bridgehead atoms. The summed E-state index contributed by atoms with van der Waals surface area (Å²) in [6.07, 6.45) is 12.3. The molecular weight excluding hydrogens is 652 g/mol. The van der Waals surface area contributed by atoms with Crippen molar-refractivity contribution in [2.75, 3.05) is 13.2 Å². The number of carbonyl (C=O) groups excluding carboxylic acids is 1. The average Bonchev–Trinajstić information content (AvgIpc) is 3.14. The number of carbonyl (C=O) groups is 1. The van der Waals surface area contributed by atoms with E-state index in [1.807, 2.05) is 12.1 Å². The maximum Gasteiger partial charge on any atom is 0.508 e. The number of hydrogen-bond donors (Lipinski definition) is 0. The van der Waals surface area contributed by atoms with Crippen molar-refractivity contribution in [2.24, 2.45) is 35.5 Å². The molecule has 0 radical (unpaired) electrons. The monoisotopic (exact) mass is 718 g/mol. The minimum Gasteiger partial charge on any atom is -0.465 e. The predicted octanol–water partition coefficient (Wildman–Crippen LogP) is 11.7. The SMILES string of the molecule is CC1CCC(C(C)C)C(c2cc(OC3CCCCO3)ccc2COC(=O)OCc2ccc(OC3CCCCO3)cc2C2CC(C)CCC2C(C)C)C1. The second-order valence-corrected chi connectivity index (χ2v) is 17.2. The maximum atomic E-state index is 13.3. The van der Waals surface area contributed by atoms with Gasteiger partial charge in [-0.05, 0) is 145 Å². The minimum absolute atomic E-state index is 0.167. The summed E-state index contributed by atoms with van der Waals surface area (Å²) in [5.41, 5.74) is 4.53. The lowest BCUT2D eigenvalue weighted by molar-refractivity contribution is -0.106. The zero-order valence-corrected chi connectivity index (χ0v) is 32.9. The highest BCUT2D eigenvalue weighted by atomic mass is 16.7. The fraction of sp³-hybridized carbons (Fsp3) is 0.711. The number of benzene rings is 2. The molecule has 2 aliphatic heterocycles. The smallest absolute Gasteiger partial charge is 0.465 e. The lowest BCUT2D eigenvalue weighted by atomic mass is 9.67. The fourth-order valence-electron chi connectivity index (χ4n) is 9.59. The van der Waals surface area contributed by atoms with Crippen LogP contribution in [-0.4, -0.2) is 31.9 Å². The molecule has 52 heavy (non-hydrogen) atoms. The zero-order chi connectivity index (χ0) is 36.6. The van der Waals surface area contributed by atoms with E-state index in [0.29, 0.717) is 47.3 Å². The highest BCUT2D eigenvalue weighted by Gasteiger charge is 2.35. The Bertz CT molecular complexity index is 1320. The lowest BCUT2D eigenvalue weighted by Gasteiger charge is -2.39. The molecule has 8 unspecified atom stereocenters. The first-order chi connectivity index (χ1) is 25.1. The van der Waals surface area contributed by atoms with Crippen LogP contribution in [0.15, 0.2) is 36.4 Å². The van der Waals surface area contributed by atoms with Gasteiger partial charge in [0.2, 0.25) is 0 Å². The maximum absolute atomic E-state index is 13.3. The second-order valence-electron chi connectivity index (χ2n) is 17.2. The molecule has 4 aliphatic rings. The lowest BCUT2D eigenvalue weighted by Crippen LogP contribution is -2.28. The summed E-state index contributed by atoms with van der Waals surface area (Å²) in [7, 11) is 0. The minimum atomic E-state index is -0.640. The topological polar surface area (TPSA) is 72.5 Å². The van der Waals surface area contributed by atoms with Gasteiger partial charge in [0.15, 0.2) is 12.6 Å². The summed E-state index contributed by atoms with van der Waals surface area (Å²) >= 11 is 0. The Morgan fingerprint density at radius 3 is 1.46 bits per heavy atom. The third-order valence-electron chi connectivity index (χ3n) is 12.6. The standard InChI is InChI=1S/C45H66O7/c1-29(2)37-19-13-31(5)23-41(37)39-25-35(51-43-11-7-9-21-47-43)17-15-33(39)27-49-45(46)50-28-34-16-18-36(52-44-12-8-10-22-48-44)26-40(34)42-24-32(6)14-20-38(42)30(3)4/h15-18,25-26,29-32,37-38,41-44H,7-14,19-24,27-28H2,1-6H3. The van der Waals surface area contributed by atoms with Crippen LogP contribution in [0.5, 0.6) is 11.5 Å². The van der Waals surface area contributed by atoms with Crippen LogP contribution in [0.3, 0.4) is 0 Å². The summed E-state index contributed by atoms with van der Waals surface area (Å²) in [4.78, 5) is 13.3. The van der Waals surface area contributed by atoms with Gasteiger partial charge in [0.05, 0.1) is 13.2 Å². The highest BCUT2D eigenvalue weighted by molar-refractivity contribution is 5.60. The Morgan fingerprint density at radius 2 is 1.08 bits per heavy atom. The molecule has 288 valence electrons. The zero-order valence-electron chi connectivity index (χ0n) is 32.9. The van der Waals surface area contributed by atoms with Crippen LogP contribution in [0, 0.1) is 35.5 Å². The van der Waals surface area contributed by atoms with E-state index in [0.717, 1.165) is 87.2 Å². The Labute approximate surface area is 313 Å². The van der Waals surface area contributed by atoms with Gasteiger partial charge < -0.3 is 28.4 Å². The van der Waals surface area contributed by atoms with Crippen molar-refractivity contribution in [1.29, 1.82) is 0 Å². The van der Waals surface area contributed by atoms with Gasteiger partial charge in [-0.2, -0.15) is 0 Å². The second kappa shape index (κ2) is 18.5. The average molecular weight is 719 g/mol. The molecule has 0 amide bonds. The number of rotatable bonds is 12. The van der Waals surface area contributed by atoms with Crippen molar-refractivity contribution in [3.05, 3.63) is 58.7 Å². The third-order valence-corrected chi connectivity index (χ3v) is 12.6. The quantitative estimate of drug-likeness (QED) is 0.202. The van der Waals surface area contributed by atoms with Crippen molar-refractivity contribution in [1.82, 2.24) is 0 Å². The molecule has 0 N–H and O–H groups in total. The third kappa shape index (κ3) is 10.3. The van der Waals surface area contributed by atoms with Crippen molar-refractivity contribution >= 4 is 6.16 Å². The fourth-order valence-corrected chi connectivity index (χ4v) is 9.59. The van der Waals surface area contributed by atoms with E-state index in [1.165, 1.54) is 36.8 Å². The van der Waals surface area contributed by atoms with Crippen LogP contribution in [0.1, 0.15) is 153 Å². The molecule has 2 saturated heterocycles. The summed E-state index contributed by atoms with van der Waals surface area (Å²) < 4.78 is 36.3. The molecule has 4 fully saturated rings. The Kier molecular flexibility index (Phi) is 13.9. The Morgan fingerprint density at radius 1 is 0.635 bits per heavy atom. The van der Waals surface area contributed by atoms with Gasteiger partial charge in [-0.15, -0.1) is 0 Å². The molecule has 2 aliphatic carbocycles. The first kappa shape index (κ1) is 38.9. The summed E-state index contributed by atoms with van der Waals surface area (Å²) in [5, 5.41) is 0. The van der Waals surface area contributed by atoms with Gasteiger partial charge in [-0.3, -0.25) is 0 Å². The molecule has 7 nitrogen and oxygen atoms in total. The Hall–Kier alpha value is -2.77. The molecule has 0 aromatic heterocycles. The molecule has 0 spiro atoms. The van der Waals surface area contributed by atoms with Crippen LogP contribution in [0.2, 0.25) is 0 Å². The van der Waals surface area contributed by atoms with Crippen LogP contribution in [-0.2, 0) is 32.2 Å². The van der Waals surface area contributed by atoms with E-state index in [-0.39, 0.29) is 25.8 Å². The first-order valence-corrected chi connectivity index (χ1v) is 20.8. The molecular formula is C45H66O7. The van der Waals surface area contributed by atoms with E-state index >= 15 is 0 Å². The summed E-state index contributed by atoms with van der Waals surface area (Å²) in [6, 6.07) is 12.6. The van der Waals surface area contributed by atoms with Crippen LogP contribution in [0.25, 0.3) is 0 Å². The summed E-state index contributed by atoms with van der Waals surface area (Å²) in [6.45, 7) is 15.9.